The normalized spacial score (nSPS) is 11.5. The molecule has 0 unspecified atom stereocenters. The summed E-state index contributed by atoms with van der Waals surface area (Å²) in [5.74, 6) is 0. The zero-order valence-electron chi connectivity index (χ0n) is 12.1. The first-order chi connectivity index (χ1) is 11.4. The molecule has 4 nitrogen and oxygen atoms in total. The highest BCUT2D eigenvalue weighted by Crippen LogP contribution is 2.30. The van der Waals surface area contributed by atoms with Gasteiger partial charge in [0, 0.05) is 23.2 Å². The molecular formula is C19H11N3O. The fraction of sp³-hybridized carbons (Fsp3) is 0. The number of hydrogen-bond acceptors (Lipinski definition) is 4. The first-order valence-electron chi connectivity index (χ1n) is 7.38. The van der Waals surface area contributed by atoms with E-state index < -0.39 is 0 Å². The molecule has 5 rings (SSSR count). The Morgan fingerprint density at radius 1 is 0.696 bits per heavy atom. The molecule has 0 atom stereocenters. The van der Waals surface area contributed by atoms with Crippen molar-refractivity contribution in [2.75, 3.05) is 0 Å². The zero-order valence-corrected chi connectivity index (χ0v) is 12.1. The maximum absolute atomic E-state index is 5.84. The van der Waals surface area contributed by atoms with E-state index in [1.54, 1.807) is 12.4 Å². The summed E-state index contributed by atoms with van der Waals surface area (Å²) in [6, 6.07) is 17.7. The van der Waals surface area contributed by atoms with Crippen molar-refractivity contribution in [3.63, 3.8) is 0 Å². The van der Waals surface area contributed by atoms with Gasteiger partial charge in [-0.2, -0.15) is 0 Å². The Balaban J connectivity index is 1.84. The van der Waals surface area contributed by atoms with Crippen molar-refractivity contribution in [3.8, 4) is 11.4 Å². The molecule has 4 aromatic heterocycles. The molecule has 0 bridgehead atoms. The van der Waals surface area contributed by atoms with Crippen LogP contribution in [0.5, 0.6) is 0 Å². The Labute approximate surface area is 131 Å². The second kappa shape index (κ2) is 4.61. The van der Waals surface area contributed by atoms with Gasteiger partial charge in [-0.25, -0.2) is 4.98 Å². The maximum atomic E-state index is 5.84. The predicted molar refractivity (Wildman–Crippen MR) is 90.0 cm³/mol. The van der Waals surface area contributed by atoms with Gasteiger partial charge in [0.25, 0.3) is 0 Å². The van der Waals surface area contributed by atoms with Gasteiger partial charge in [-0.05, 0) is 42.5 Å². The Hall–Kier alpha value is -3.27. The van der Waals surface area contributed by atoms with Crippen molar-refractivity contribution in [2.45, 2.75) is 0 Å². The minimum Gasteiger partial charge on any atom is -0.454 e. The first kappa shape index (κ1) is 12.3. The lowest BCUT2D eigenvalue weighted by Crippen LogP contribution is -1.90. The van der Waals surface area contributed by atoms with Gasteiger partial charge in [0.05, 0.1) is 16.9 Å². The highest BCUT2D eigenvalue weighted by molar-refractivity contribution is 6.03. The minimum atomic E-state index is 0.785. The molecule has 0 radical (unpaired) electrons. The van der Waals surface area contributed by atoms with E-state index in [0.29, 0.717) is 0 Å². The van der Waals surface area contributed by atoms with Crippen molar-refractivity contribution in [1.29, 1.82) is 0 Å². The molecule has 0 aliphatic carbocycles. The molecule has 108 valence electrons. The summed E-state index contributed by atoms with van der Waals surface area (Å²) in [5, 5.41) is 2.01. The Kier molecular flexibility index (Phi) is 2.46. The molecule has 0 saturated carbocycles. The van der Waals surface area contributed by atoms with Crippen LogP contribution in [-0.2, 0) is 0 Å². The van der Waals surface area contributed by atoms with Crippen LogP contribution in [0.25, 0.3) is 44.4 Å². The van der Waals surface area contributed by atoms with Crippen LogP contribution < -0.4 is 0 Å². The zero-order chi connectivity index (χ0) is 15.2. The van der Waals surface area contributed by atoms with Crippen LogP contribution in [0.15, 0.2) is 71.4 Å². The molecule has 4 heterocycles. The van der Waals surface area contributed by atoms with E-state index in [2.05, 4.69) is 9.97 Å². The average Bonchev–Trinajstić information content (AvgIpc) is 2.99. The van der Waals surface area contributed by atoms with E-state index in [0.717, 1.165) is 44.4 Å². The van der Waals surface area contributed by atoms with Crippen LogP contribution in [0.2, 0.25) is 0 Å². The molecule has 0 N–H and O–H groups in total. The summed E-state index contributed by atoms with van der Waals surface area (Å²) in [5.41, 5.74) is 5.07. The van der Waals surface area contributed by atoms with Crippen LogP contribution in [0.3, 0.4) is 0 Å². The number of benzene rings is 1. The second-order valence-electron chi connectivity index (χ2n) is 5.37. The highest BCUT2D eigenvalue weighted by atomic mass is 16.3. The molecule has 0 amide bonds. The summed E-state index contributed by atoms with van der Waals surface area (Å²) in [4.78, 5) is 13.7. The van der Waals surface area contributed by atoms with Gasteiger partial charge in [-0.3, -0.25) is 9.97 Å². The van der Waals surface area contributed by atoms with Crippen molar-refractivity contribution in [3.05, 3.63) is 67.0 Å². The Bertz CT molecular complexity index is 1170. The van der Waals surface area contributed by atoms with Crippen LogP contribution in [-0.4, -0.2) is 15.0 Å². The van der Waals surface area contributed by atoms with Crippen LogP contribution in [0.4, 0.5) is 0 Å². The molecule has 4 heteroatoms. The van der Waals surface area contributed by atoms with Crippen molar-refractivity contribution < 1.29 is 4.42 Å². The summed E-state index contributed by atoms with van der Waals surface area (Å²) in [7, 11) is 0. The lowest BCUT2D eigenvalue weighted by atomic mass is 10.1. The van der Waals surface area contributed by atoms with E-state index in [1.165, 1.54) is 0 Å². The molecule has 5 aromatic rings. The fourth-order valence-electron chi connectivity index (χ4n) is 2.93. The third-order valence-corrected chi connectivity index (χ3v) is 3.99. The number of rotatable bonds is 1. The van der Waals surface area contributed by atoms with Crippen molar-refractivity contribution >= 4 is 33.0 Å². The fourth-order valence-corrected chi connectivity index (χ4v) is 2.93. The summed E-state index contributed by atoms with van der Waals surface area (Å²) in [6.07, 6.45) is 3.55. The van der Waals surface area contributed by atoms with Gasteiger partial charge < -0.3 is 4.42 Å². The largest absolute Gasteiger partial charge is 0.454 e. The summed E-state index contributed by atoms with van der Waals surface area (Å²) >= 11 is 0. The summed E-state index contributed by atoms with van der Waals surface area (Å²) < 4.78 is 5.84. The number of aromatic nitrogens is 3. The van der Waals surface area contributed by atoms with Crippen LogP contribution >= 0.6 is 0 Å². The van der Waals surface area contributed by atoms with Gasteiger partial charge in [-0.1, -0.05) is 12.1 Å². The molecular weight excluding hydrogens is 286 g/mol. The molecule has 0 fully saturated rings. The van der Waals surface area contributed by atoms with E-state index in [4.69, 9.17) is 9.40 Å². The SMILES string of the molecule is c1ccc2c(c1)oc1ccc(-c3nccc4ncccc34)nc12. The van der Waals surface area contributed by atoms with Crippen LogP contribution in [0, 0.1) is 0 Å². The van der Waals surface area contributed by atoms with Crippen molar-refractivity contribution in [2.24, 2.45) is 0 Å². The quantitative estimate of drug-likeness (QED) is 0.454. The van der Waals surface area contributed by atoms with Gasteiger partial charge in [0.1, 0.15) is 11.1 Å². The standard InChI is InChI=1S/C19H11N3O/c1-2-6-16-13(4-1)19-17(23-16)8-7-15(22-19)18-12-5-3-10-20-14(12)9-11-21-18/h1-11H. The van der Waals surface area contributed by atoms with Gasteiger partial charge in [0.2, 0.25) is 0 Å². The minimum absolute atomic E-state index is 0.785. The third-order valence-electron chi connectivity index (χ3n) is 3.99. The van der Waals surface area contributed by atoms with E-state index in [-0.39, 0.29) is 0 Å². The number of pyridine rings is 3. The highest BCUT2D eigenvalue weighted by Gasteiger charge is 2.12. The molecule has 23 heavy (non-hydrogen) atoms. The number of para-hydroxylation sites is 1. The topological polar surface area (TPSA) is 51.8 Å². The smallest absolute Gasteiger partial charge is 0.153 e. The summed E-state index contributed by atoms with van der Waals surface area (Å²) in [6.45, 7) is 0. The Morgan fingerprint density at radius 3 is 2.61 bits per heavy atom. The molecule has 0 aliphatic rings. The monoisotopic (exact) mass is 297 g/mol. The van der Waals surface area contributed by atoms with Crippen molar-refractivity contribution in [1.82, 2.24) is 15.0 Å². The second-order valence-corrected chi connectivity index (χ2v) is 5.37. The molecule has 0 aliphatic heterocycles. The molecule has 0 spiro atoms. The molecule has 1 aromatic carbocycles. The first-order valence-corrected chi connectivity index (χ1v) is 7.38. The Morgan fingerprint density at radius 2 is 1.61 bits per heavy atom. The lowest BCUT2D eigenvalue weighted by Gasteiger charge is -2.04. The van der Waals surface area contributed by atoms with Gasteiger partial charge >= 0.3 is 0 Å². The van der Waals surface area contributed by atoms with E-state index >= 15 is 0 Å². The maximum Gasteiger partial charge on any atom is 0.153 e. The van der Waals surface area contributed by atoms with E-state index in [9.17, 15) is 0 Å². The number of nitrogens with zero attached hydrogens (tertiary/aromatic N) is 3. The third kappa shape index (κ3) is 1.82. The van der Waals surface area contributed by atoms with Gasteiger partial charge in [0.15, 0.2) is 5.58 Å². The molecule has 0 saturated heterocycles. The lowest BCUT2D eigenvalue weighted by molar-refractivity contribution is 0.668. The van der Waals surface area contributed by atoms with Gasteiger partial charge in [-0.15, -0.1) is 0 Å². The average molecular weight is 297 g/mol. The van der Waals surface area contributed by atoms with Crippen LogP contribution in [0.1, 0.15) is 0 Å². The number of fused-ring (bicyclic) bond motifs is 4. The number of furan rings is 1. The van der Waals surface area contributed by atoms with E-state index in [1.807, 2.05) is 54.6 Å². The predicted octanol–water partition coefficient (Wildman–Crippen LogP) is 4.59. The number of hydrogen-bond donors (Lipinski definition) is 0.